The lowest BCUT2D eigenvalue weighted by Crippen LogP contribution is -3.14. The molecule has 19 heavy (non-hydrogen) atoms. The number of hydrogen-bond donors (Lipinski definition) is 2. The Kier molecular flexibility index (Phi) is 2.67. The van der Waals surface area contributed by atoms with Crippen LogP contribution in [-0.2, 0) is 11.4 Å². The quantitative estimate of drug-likeness (QED) is 0.822. The van der Waals surface area contributed by atoms with Crippen LogP contribution >= 0.6 is 0 Å². The monoisotopic (exact) mass is 259 g/mol. The zero-order valence-electron chi connectivity index (χ0n) is 10.9. The fourth-order valence-corrected chi connectivity index (χ4v) is 3.12. The summed E-state index contributed by atoms with van der Waals surface area (Å²) in [5.74, 6) is 0.997. The fourth-order valence-electron chi connectivity index (χ4n) is 3.12. The van der Waals surface area contributed by atoms with E-state index in [2.05, 4.69) is 33.1 Å². The lowest BCUT2D eigenvalue weighted by molar-refractivity contribution is -0.924. The zero-order chi connectivity index (χ0) is 12.7. The first kappa shape index (κ1) is 11.3. The molecule has 2 aromatic rings. The maximum atomic E-state index is 5.74. The normalized spacial score (nSPS) is 26.3. The highest BCUT2D eigenvalue weighted by Crippen LogP contribution is 2.19. The first-order valence-electron chi connectivity index (χ1n) is 7.04. The molecule has 0 amide bonds. The van der Waals surface area contributed by atoms with E-state index in [1.807, 2.05) is 6.07 Å². The molecule has 1 aromatic heterocycles. The second-order valence-corrected chi connectivity index (χ2v) is 5.45. The number of nitrogens with zero attached hydrogens (tertiary/aromatic N) is 2. The molecule has 0 saturated carbocycles. The second-order valence-electron chi connectivity index (χ2n) is 5.45. The molecule has 2 aliphatic rings. The average molecular weight is 259 g/mol. The van der Waals surface area contributed by atoms with E-state index in [4.69, 9.17) is 4.74 Å². The van der Waals surface area contributed by atoms with Gasteiger partial charge in [0.05, 0.1) is 11.0 Å². The molecule has 100 valence electrons. The van der Waals surface area contributed by atoms with Gasteiger partial charge >= 0.3 is 0 Å². The Bertz CT molecular complexity index is 588. The molecular weight excluding hydrogens is 240 g/mol. The predicted molar refractivity (Wildman–Crippen MR) is 73.0 cm³/mol. The minimum Gasteiger partial charge on any atom is -0.372 e. The average Bonchev–Trinajstić information content (AvgIpc) is 3.06. The van der Waals surface area contributed by atoms with Gasteiger partial charge in [-0.05, 0) is 25.0 Å². The number of hydrogen-bond acceptors (Lipinski definition) is 3. The molecule has 1 saturated heterocycles. The van der Waals surface area contributed by atoms with Gasteiger partial charge in [-0.15, -0.1) is 0 Å². The van der Waals surface area contributed by atoms with Crippen molar-refractivity contribution in [2.24, 2.45) is 0 Å². The van der Waals surface area contributed by atoms with Gasteiger partial charge in [0.15, 0.2) is 13.3 Å². The minimum atomic E-state index is 0.438. The standard InChI is InChI=1S/C14H18N4O/c1-2-6-13-12(5-1)16-14-15-9-17(10-18(13)14)8-11-4-3-7-19-11/h1-2,5-6,11H,3-4,7-10H2,(H,15,16)/p+1. The lowest BCUT2D eigenvalue weighted by atomic mass is 10.2. The zero-order valence-corrected chi connectivity index (χ0v) is 10.9. The Morgan fingerprint density at radius 3 is 3.26 bits per heavy atom. The highest BCUT2D eigenvalue weighted by Gasteiger charge is 2.26. The number of quaternary nitrogens is 1. The summed E-state index contributed by atoms with van der Waals surface area (Å²) in [5.41, 5.74) is 2.29. The molecule has 0 spiro atoms. The summed E-state index contributed by atoms with van der Waals surface area (Å²) < 4.78 is 8.02. The van der Waals surface area contributed by atoms with E-state index >= 15 is 0 Å². The number of rotatable bonds is 2. The van der Waals surface area contributed by atoms with Crippen LogP contribution in [0.2, 0.25) is 0 Å². The van der Waals surface area contributed by atoms with E-state index < -0.39 is 0 Å². The molecule has 1 aromatic carbocycles. The van der Waals surface area contributed by atoms with Crippen LogP contribution in [0.1, 0.15) is 12.8 Å². The molecule has 2 atom stereocenters. The number of benzene rings is 1. The van der Waals surface area contributed by atoms with E-state index in [1.54, 1.807) is 0 Å². The molecule has 5 nitrogen and oxygen atoms in total. The van der Waals surface area contributed by atoms with Gasteiger partial charge < -0.3 is 10.1 Å². The minimum absolute atomic E-state index is 0.438. The third-order valence-corrected chi connectivity index (χ3v) is 4.07. The molecule has 0 bridgehead atoms. The number of aromatic nitrogens is 2. The van der Waals surface area contributed by atoms with Crippen molar-refractivity contribution in [3.63, 3.8) is 0 Å². The van der Waals surface area contributed by atoms with Crippen LogP contribution < -0.4 is 10.2 Å². The Labute approximate surface area is 112 Å². The van der Waals surface area contributed by atoms with Gasteiger partial charge in [-0.2, -0.15) is 0 Å². The van der Waals surface area contributed by atoms with E-state index in [0.29, 0.717) is 6.10 Å². The summed E-state index contributed by atoms with van der Waals surface area (Å²) in [4.78, 5) is 6.14. The molecule has 2 unspecified atom stereocenters. The van der Waals surface area contributed by atoms with E-state index in [9.17, 15) is 0 Å². The molecule has 5 heteroatoms. The van der Waals surface area contributed by atoms with Gasteiger partial charge in [-0.25, -0.2) is 4.98 Å². The molecule has 0 aliphatic carbocycles. The van der Waals surface area contributed by atoms with Crippen molar-refractivity contribution in [2.75, 3.05) is 25.1 Å². The van der Waals surface area contributed by atoms with E-state index in [0.717, 1.165) is 38.0 Å². The maximum Gasteiger partial charge on any atom is 0.212 e. The Balaban J connectivity index is 1.58. The SMILES string of the molecule is c1ccc2c(c1)nc1n2C[NH+](CC2CCCO2)CN1. The third-order valence-electron chi connectivity index (χ3n) is 4.07. The summed E-state index contributed by atoms with van der Waals surface area (Å²) in [6.45, 7) is 3.93. The van der Waals surface area contributed by atoms with E-state index in [1.165, 1.54) is 23.3 Å². The summed E-state index contributed by atoms with van der Waals surface area (Å²) in [6, 6.07) is 8.33. The van der Waals surface area contributed by atoms with Crippen LogP contribution in [0.3, 0.4) is 0 Å². The third kappa shape index (κ3) is 1.99. The van der Waals surface area contributed by atoms with Crippen molar-refractivity contribution in [1.82, 2.24) is 9.55 Å². The van der Waals surface area contributed by atoms with Gasteiger partial charge in [0.25, 0.3) is 0 Å². The van der Waals surface area contributed by atoms with Gasteiger partial charge in [0.2, 0.25) is 5.95 Å². The predicted octanol–water partition coefficient (Wildman–Crippen LogP) is 0.441. The molecule has 1 fully saturated rings. The Hall–Kier alpha value is -1.59. The first-order valence-corrected chi connectivity index (χ1v) is 7.04. The summed E-state index contributed by atoms with van der Waals surface area (Å²) in [7, 11) is 0. The summed E-state index contributed by atoms with van der Waals surface area (Å²) in [5, 5.41) is 3.44. The highest BCUT2D eigenvalue weighted by atomic mass is 16.5. The van der Waals surface area contributed by atoms with Gasteiger partial charge in [-0.1, -0.05) is 12.1 Å². The molecule has 2 aliphatic heterocycles. The number of nitrogens with one attached hydrogen (secondary N) is 2. The Morgan fingerprint density at radius 1 is 1.42 bits per heavy atom. The van der Waals surface area contributed by atoms with Crippen molar-refractivity contribution in [3.8, 4) is 0 Å². The number of ether oxygens (including phenoxy) is 1. The van der Waals surface area contributed by atoms with Gasteiger partial charge in [-0.3, -0.25) is 9.47 Å². The van der Waals surface area contributed by atoms with Crippen LogP contribution in [0.5, 0.6) is 0 Å². The molecule has 2 N–H and O–H groups in total. The van der Waals surface area contributed by atoms with Crippen LogP contribution in [0.4, 0.5) is 5.95 Å². The van der Waals surface area contributed by atoms with Crippen molar-refractivity contribution < 1.29 is 9.64 Å². The van der Waals surface area contributed by atoms with Crippen molar-refractivity contribution in [2.45, 2.75) is 25.6 Å². The van der Waals surface area contributed by atoms with Crippen molar-refractivity contribution in [3.05, 3.63) is 24.3 Å². The number of fused-ring (bicyclic) bond motifs is 3. The van der Waals surface area contributed by atoms with Crippen molar-refractivity contribution >= 4 is 17.0 Å². The first-order chi connectivity index (χ1) is 9.40. The Morgan fingerprint density at radius 2 is 2.37 bits per heavy atom. The van der Waals surface area contributed by atoms with Gasteiger partial charge in [0, 0.05) is 6.61 Å². The van der Waals surface area contributed by atoms with Gasteiger partial charge in [0.1, 0.15) is 12.6 Å². The molecule has 3 heterocycles. The fraction of sp³-hybridized carbons (Fsp3) is 0.500. The molecule has 0 radical (unpaired) electrons. The lowest BCUT2D eigenvalue weighted by Gasteiger charge is -2.28. The summed E-state index contributed by atoms with van der Waals surface area (Å²) in [6.07, 6.45) is 2.86. The van der Waals surface area contributed by atoms with E-state index in [-0.39, 0.29) is 0 Å². The number of imidazole rings is 1. The second kappa shape index (κ2) is 4.51. The molecule has 4 rings (SSSR count). The van der Waals surface area contributed by atoms with Crippen molar-refractivity contribution in [1.29, 1.82) is 0 Å². The van der Waals surface area contributed by atoms with Crippen LogP contribution in [0, 0.1) is 0 Å². The van der Waals surface area contributed by atoms with Crippen LogP contribution in [-0.4, -0.2) is 35.5 Å². The largest absolute Gasteiger partial charge is 0.372 e. The summed E-state index contributed by atoms with van der Waals surface area (Å²) >= 11 is 0. The maximum absolute atomic E-state index is 5.74. The topological polar surface area (TPSA) is 43.5 Å². The number of para-hydroxylation sites is 2. The van der Waals surface area contributed by atoms with Crippen LogP contribution in [0.15, 0.2) is 24.3 Å². The molecular formula is C14H19N4O+. The smallest absolute Gasteiger partial charge is 0.212 e. The number of anilines is 1. The highest BCUT2D eigenvalue weighted by molar-refractivity contribution is 5.78. The van der Waals surface area contributed by atoms with Crippen LogP contribution in [0.25, 0.3) is 11.0 Å².